The van der Waals surface area contributed by atoms with Crippen LogP contribution >= 0.6 is 0 Å². The van der Waals surface area contributed by atoms with E-state index in [1.54, 1.807) is 12.1 Å². The number of fused-ring (bicyclic) bond motifs is 2. The Morgan fingerprint density at radius 3 is 1.52 bits per heavy atom. The molecule has 2 aliphatic heterocycles. The van der Waals surface area contributed by atoms with Crippen LogP contribution in [0.2, 0.25) is 0 Å². The van der Waals surface area contributed by atoms with E-state index < -0.39 is 36.5 Å². The van der Waals surface area contributed by atoms with E-state index in [-0.39, 0.29) is 76.8 Å². The smallest absolute Gasteiger partial charge is 0.172 e. The standard InChI is InChI=1S/C50H42O6.C15H14O6/c1-6-16-37(17-7-1)32-51-43-29-46(53-34-39-20-10-3-11-21-39)44-31-49(55-36-41-24-14-5-15-25-41)50(56-47(44)30-43)42-26-27-45(52-33-38-18-8-2-9-19-38)48(28-42)54-35-40-22-12-4-13-23-40;16-8-4-11(18)9-6-13(20)15(21-14(9)5-8)7-1-2-10(17)12(19)3-7/h1-30H,31-36H2;1-5,13,15-20H,6H2/t;13-,15?/m.1/s1/i31D2;6D2. The molecule has 11 rings (SSSR count). The topological polar surface area (TPSA) is 166 Å². The molecule has 0 radical (unpaired) electrons. The second kappa shape index (κ2) is 24.2. The number of ether oxygens (including phenoxy) is 7. The summed E-state index contributed by atoms with van der Waals surface area (Å²) < 4.78 is 80.1. The van der Waals surface area contributed by atoms with Crippen LogP contribution in [-0.2, 0) is 50.5 Å². The molecule has 77 heavy (non-hydrogen) atoms. The van der Waals surface area contributed by atoms with Crippen LogP contribution in [0.3, 0.4) is 0 Å². The number of phenols is 4. The summed E-state index contributed by atoms with van der Waals surface area (Å²) in [7, 11) is 0. The Bertz CT molecular complexity index is 3630. The van der Waals surface area contributed by atoms with Gasteiger partial charge in [-0.25, -0.2) is 0 Å². The van der Waals surface area contributed by atoms with E-state index in [4.69, 9.17) is 35.9 Å². The molecule has 2 heterocycles. The van der Waals surface area contributed by atoms with E-state index in [1.807, 2.05) is 170 Å². The van der Waals surface area contributed by atoms with E-state index in [1.165, 1.54) is 12.1 Å². The van der Waals surface area contributed by atoms with Crippen molar-refractivity contribution in [3.63, 3.8) is 0 Å². The molecule has 0 spiro atoms. The number of phenolic OH excluding ortho intramolecular Hbond substituents is 4. The molecule has 0 saturated heterocycles. The monoisotopic (exact) mass is 1030 g/mol. The van der Waals surface area contributed by atoms with Crippen molar-refractivity contribution in [3.8, 4) is 57.5 Å². The summed E-state index contributed by atoms with van der Waals surface area (Å²) in [4.78, 5) is 0. The fourth-order valence-corrected chi connectivity index (χ4v) is 8.36. The van der Waals surface area contributed by atoms with Crippen molar-refractivity contribution in [2.24, 2.45) is 0 Å². The predicted octanol–water partition coefficient (Wildman–Crippen LogP) is 13.1. The lowest BCUT2D eigenvalue weighted by atomic mass is 9.94. The minimum atomic E-state index is -2.36. The molecule has 388 valence electrons. The van der Waals surface area contributed by atoms with Gasteiger partial charge in [0.2, 0.25) is 0 Å². The lowest BCUT2D eigenvalue weighted by Gasteiger charge is -2.31. The van der Waals surface area contributed by atoms with E-state index in [0.717, 1.165) is 46.0 Å². The van der Waals surface area contributed by atoms with Crippen molar-refractivity contribution in [2.45, 2.75) is 58.0 Å². The van der Waals surface area contributed by atoms with Crippen molar-refractivity contribution in [2.75, 3.05) is 0 Å². The first kappa shape index (κ1) is 46.0. The van der Waals surface area contributed by atoms with Crippen LogP contribution in [0, 0.1) is 0 Å². The van der Waals surface area contributed by atoms with Crippen LogP contribution in [0.5, 0.6) is 57.5 Å². The number of aliphatic hydroxyl groups excluding tert-OH is 1. The highest BCUT2D eigenvalue weighted by Crippen LogP contribution is 2.46. The van der Waals surface area contributed by atoms with Gasteiger partial charge in [-0.2, -0.15) is 0 Å². The highest BCUT2D eigenvalue weighted by Gasteiger charge is 2.33. The summed E-state index contributed by atoms with van der Waals surface area (Å²) in [5.74, 6) is 0.416. The van der Waals surface area contributed by atoms with E-state index >= 15 is 0 Å². The van der Waals surface area contributed by atoms with Crippen LogP contribution < -0.4 is 28.4 Å². The van der Waals surface area contributed by atoms with Crippen molar-refractivity contribution in [3.05, 3.63) is 268 Å². The first-order valence-corrected chi connectivity index (χ1v) is 24.7. The largest absolute Gasteiger partial charge is 0.508 e. The van der Waals surface area contributed by atoms with Gasteiger partial charge in [-0.1, -0.05) is 158 Å². The number of benzene rings is 9. The maximum absolute atomic E-state index is 10.3. The van der Waals surface area contributed by atoms with Crippen molar-refractivity contribution < 1.29 is 64.2 Å². The number of hydrogen-bond donors (Lipinski definition) is 5. The molecule has 0 bridgehead atoms. The third-order valence-corrected chi connectivity index (χ3v) is 12.3. The number of allylic oxidation sites excluding steroid dienone is 1. The van der Waals surface area contributed by atoms with Crippen molar-refractivity contribution >= 4 is 5.76 Å². The predicted molar refractivity (Wildman–Crippen MR) is 291 cm³/mol. The molecule has 9 aromatic carbocycles. The second-order valence-corrected chi connectivity index (χ2v) is 17.9. The average molecular weight is 1030 g/mol. The fraction of sp³-hybridized carbons (Fsp3) is 0.138. The summed E-state index contributed by atoms with van der Waals surface area (Å²) in [6, 6.07) is 63.8. The molecule has 9 aromatic rings. The normalized spacial score (nSPS) is 16.4. The summed E-state index contributed by atoms with van der Waals surface area (Å²) in [5, 5.41) is 48.7. The summed E-state index contributed by atoms with van der Waals surface area (Å²) in [5.41, 5.74) is 5.48. The van der Waals surface area contributed by atoms with Crippen LogP contribution in [0.25, 0.3) is 5.76 Å². The van der Waals surface area contributed by atoms with Gasteiger partial charge in [0.25, 0.3) is 0 Å². The zero-order valence-corrected chi connectivity index (χ0v) is 41.5. The Morgan fingerprint density at radius 2 is 0.961 bits per heavy atom. The summed E-state index contributed by atoms with van der Waals surface area (Å²) in [6.45, 7) is 1.23. The van der Waals surface area contributed by atoms with Gasteiger partial charge < -0.3 is 58.7 Å². The molecule has 5 N–H and O–H groups in total. The quantitative estimate of drug-likeness (QED) is 0.0549. The van der Waals surface area contributed by atoms with Crippen molar-refractivity contribution in [1.29, 1.82) is 0 Å². The van der Waals surface area contributed by atoms with Gasteiger partial charge in [-0.3, -0.25) is 0 Å². The maximum atomic E-state index is 10.3. The molecule has 0 aliphatic carbocycles. The summed E-state index contributed by atoms with van der Waals surface area (Å²) >= 11 is 0. The second-order valence-electron chi connectivity index (χ2n) is 17.9. The Kier molecular flexibility index (Phi) is 14.5. The van der Waals surface area contributed by atoms with Gasteiger partial charge >= 0.3 is 0 Å². The summed E-state index contributed by atoms with van der Waals surface area (Å²) in [6.07, 6.45) is -7.46. The zero-order valence-electron chi connectivity index (χ0n) is 45.5. The first-order valence-electron chi connectivity index (χ1n) is 26.7. The van der Waals surface area contributed by atoms with Crippen molar-refractivity contribution in [1.82, 2.24) is 0 Å². The number of aliphatic hydroxyl groups is 1. The molecule has 0 fully saturated rings. The van der Waals surface area contributed by atoms with Crippen LogP contribution in [0.1, 0.15) is 61.7 Å². The Labute approximate surface area is 452 Å². The van der Waals surface area contributed by atoms with E-state index in [0.29, 0.717) is 36.0 Å². The van der Waals surface area contributed by atoms with E-state index in [2.05, 4.69) is 0 Å². The minimum Gasteiger partial charge on any atom is -0.508 e. The Balaban J connectivity index is 0.000000266. The van der Waals surface area contributed by atoms with Crippen LogP contribution in [-0.4, -0.2) is 31.6 Å². The van der Waals surface area contributed by atoms with Gasteiger partial charge in [-0.15, -0.1) is 0 Å². The minimum absolute atomic E-state index is 0.00155. The highest BCUT2D eigenvalue weighted by atomic mass is 16.5. The third-order valence-electron chi connectivity index (χ3n) is 12.3. The van der Waals surface area contributed by atoms with Gasteiger partial charge in [-0.05, 0) is 63.7 Å². The maximum Gasteiger partial charge on any atom is 0.172 e. The number of hydrogen-bond acceptors (Lipinski definition) is 12. The fourth-order valence-electron chi connectivity index (χ4n) is 8.36. The molecule has 12 heteroatoms. The SMILES string of the molecule is [2H]C1([2H])C(OCc2ccccc2)=C(c2ccc(OCc3ccccc3)c(OCc3ccccc3)c2)Oc2cc(OCc3ccccc3)cc(OCc3ccccc3)c21.[2H]C1([2H])c2c(O)cc(O)cc2OC(c2ccc(O)c(O)c2)[C@@H]1O. The molecule has 0 aromatic heterocycles. The average Bonchev–Trinajstić information content (AvgIpc) is 3.41. The molecular formula is C65H56O12. The lowest BCUT2D eigenvalue weighted by Crippen LogP contribution is -2.30. The molecule has 1 unspecified atom stereocenters. The molecular weight excluding hydrogens is 973 g/mol. The van der Waals surface area contributed by atoms with Gasteiger partial charge in [0.1, 0.15) is 79.4 Å². The lowest BCUT2D eigenvalue weighted by molar-refractivity contribution is 0.0197. The molecule has 12 nitrogen and oxygen atoms in total. The van der Waals surface area contributed by atoms with Gasteiger partial charge in [0.15, 0.2) is 28.8 Å². The van der Waals surface area contributed by atoms with E-state index in [9.17, 15) is 28.3 Å². The molecule has 0 saturated carbocycles. The van der Waals surface area contributed by atoms with Crippen LogP contribution in [0.4, 0.5) is 0 Å². The van der Waals surface area contributed by atoms with Crippen LogP contribution in [0.15, 0.2) is 218 Å². The molecule has 0 amide bonds. The first-order chi connectivity index (χ1) is 39.2. The Morgan fingerprint density at radius 1 is 0.442 bits per heavy atom. The highest BCUT2D eigenvalue weighted by molar-refractivity contribution is 5.71. The molecule has 2 atom stereocenters. The molecule has 2 aliphatic rings. The number of rotatable bonds is 17. The zero-order chi connectivity index (χ0) is 56.5. The van der Waals surface area contributed by atoms with Gasteiger partial charge in [0.05, 0.1) is 6.10 Å². The number of aromatic hydroxyl groups is 4. The van der Waals surface area contributed by atoms with Gasteiger partial charge in [0, 0.05) is 59.2 Å². The third kappa shape index (κ3) is 13.1. The Hall–Kier alpha value is -9.52.